The molecule has 0 aromatic heterocycles. The third-order valence-electron chi connectivity index (χ3n) is 1.82. The van der Waals surface area contributed by atoms with Crippen LogP contribution >= 0.6 is 0 Å². The molecule has 13 heavy (non-hydrogen) atoms. The Morgan fingerprint density at radius 3 is 2.23 bits per heavy atom. The smallest absolute Gasteiger partial charge is 0.251 e. The quantitative estimate of drug-likeness (QED) is 0.700. The topological polar surface area (TPSA) is 49.3 Å². The molecule has 1 rings (SSSR count). The highest BCUT2D eigenvalue weighted by atomic mass is 16.3. The second-order valence-corrected chi connectivity index (χ2v) is 3.64. The van der Waals surface area contributed by atoms with E-state index in [0.717, 1.165) is 0 Å². The normalized spacial score (nSPS) is 17.4. The molecular weight excluding hydrogens is 166 g/mol. The highest BCUT2D eigenvalue weighted by Gasteiger charge is 2.47. The van der Waals surface area contributed by atoms with Gasteiger partial charge in [-0.1, -0.05) is 27.7 Å². The second kappa shape index (κ2) is 5.22. The van der Waals surface area contributed by atoms with Crippen LogP contribution in [-0.4, -0.2) is 23.2 Å². The van der Waals surface area contributed by atoms with Crippen LogP contribution in [0.15, 0.2) is 0 Å². The van der Waals surface area contributed by atoms with Gasteiger partial charge in [-0.2, -0.15) is 0 Å². The molecule has 2 N–H and O–H groups in total. The molecule has 3 nitrogen and oxygen atoms in total. The lowest BCUT2D eigenvalue weighted by molar-refractivity contribution is -0.131. The molecule has 0 saturated heterocycles. The number of carbonyl (C=O) groups excluding carboxylic acids is 1. The summed E-state index contributed by atoms with van der Waals surface area (Å²) in [5, 5.41) is 12.0. The van der Waals surface area contributed by atoms with Crippen LogP contribution in [0, 0.1) is 5.92 Å². The Kier molecular flexibility index (Phi) is 4.99. The standard InChI is InChI=1S/C8H15NO2.C2H6/c1-6(2)5-9-7(10)8(11)3-4-8;1-2/h6,11H,3-5H2,1-2H3,(H,9,10);1-2H3. The minimum absolute atomic E-state index is 0.203. The fraction of sp³-hybridized carbons (Fsp3) is 0.900. The summed E-state index contributed by atoms with van der Waals surface area (Å²) in [4.78, 5) is 11.1. The largest absolute Gasteiger partial charge is 0.380 e. The van der Waals surface area contributed by atoms with Crippen molar-refractivity contribution in [2.24, 2.45) is 5.92 Å². The van der Waals surface area contributed by atoms with Crippen LogP contribution in [0.5, 0.6) is 0 Å². The molecule has 0 aliphatic heterocycles. The summed E-state index contributed by atoms with van der Waals surface area (Å²) in [6, 6.07) is 0. The van der Waals surface area contributed by atoms with E-state index in [2.05, 4.69) is 5.32 Å². The van der Waals surface area contributed by atoms with Gasteiger partial charge in [-0.25, -0.2) is 0 Å². The predicted molar refractivity (Wildman–Crippen MR) is 53.4 cm³/mol. The fourth-order valence-electron chi connectivity index (χ4n) is 0.807. The van der Waals surface area contributed by atoms with E-state index in [-0.39, 0.29) is 5.91 Å². The number of aliphatic hydroxyl groups is 1. The van der Waals surface area contributed by atoms with Crippen LogP contribution in [0.4, 0.5) is 0 Å². The van der Waals surface area contributed by atoms with Crippen LogP contribution in [-0.2, 0) is 4.79 Å². The number of hydrogen-bond donors (Lipinski definition) is 2. The number of amides is 1. The first-order chi connectivity index (χ1) is 6.04. The van der Waals surface area contributed by atoms with Gasteiger partial charge in [-0.3, -0.25) is 4.79 Å². The molecule has 3 heteroatoms. The maximum Gasteiger partial charge on any atom is 0.251 e. The molecule has 0 unspecified atom stereocenters. The number of rotatable bonds is 3. The maximum absolute atomic E-state index is 11.1. The van der Waals surface area contributed by atoms with Crippen molar-refractivity contribution in [3.63, 3.8) is 0 Å². The van der Waals surface area contributed by atoms with Gasteiger partial charge in [0.25, 0.3) is 5.91 Å². The first kappa shape index (κ1) is 12.4. The summed E-state index contributed by atoms with van der Waals surface area (Å²) in [6.07, 6.45) is 1.24. The predicted octanol–water partition coefficient (Wildman–Crippen LogP) is 1.31. The Hall–Kier alpha value is -0.570. The average Bonchev–Trinajstić information content (AvgIpc) is 2.84. The van der Waals surface area contributed by atoms with Gasteiger partial charge < -0.3 is 10.4 Å². The monoisotopic (exact) mass is 187 g/mol. The number of carbonyl (C=O) groups is 1. The van der Waals surface area contributed by atoms with Crippen molar-refractivity contribution in [2.75, 3.05) is 6.54 Å². The van der Waals surface area contributed by atoms with Crippen molar-refractivity contribution in [2.45, 2.75) is 46.1 Å². The summed E-state index contributed by atoms with van der Waals surface area (Å²) in [7, 11) is 0. The van der Waals surface area contributed by atoms with Gasteiger partial charge in [0.2, 0.25) is 0 Å². The molecule has 0 spiro atoms. The highest BCUT2D eigenvalue weighted by molar-refractivity contribution is 5.87. The SMILES string of the molecule is CC.CC(C)CNC(=O)C1(O)CC1. The van der Waals surface area contributed by atoms with E-state index in [9.17, 15) is 9.90 Å². The molecule has 1 amide bonds. The maximum atomic E-state index is 11.1. The Morgan fingerprint density at radius 1 is 1.46 bits per heavy atom. The Morgan fingerprint density at radius 2 is 1.92 bits per heavy atom. The van der Waals surface area contributed by atoms with Crippen molar-refractivity contribution >= 4 is 5.91 Å². The molecule has 78 valence electrons. The van der Waals surface area contributed by atoms with E-state index in [1.54, 1.807) is 0 Å². The van der Waals surface area contributed by atoms with Crippen molar-refractivity contribution in [1.82, 2.24) is 5.32 Å². The van der Waals surface area contributed by atoms with Gasteiger partial charge >= 0.3 is 0 Å². The van der Waals surface area contributed by atoms with Gasteiger partial charge in [-0.05, 0) is 18.8 Å². The van der Waals surface area contributed by atoms with E-state index in [4.69, 9.17) is 0 Å². The summed E-state index contributed by atoms with van der Waals surface area (Å²) < 4.78 is 0. The van der Waals surface area contributed by atoms with E-state index in [1.807, 2.05) is 27.7 Å². The Labute approximate surface area is 80.5 Å². The zero-order valence-corrected chi connectivity index (χ0v) is 9.05. The third kappa shape index (κ3) is 4.27. The first-order valence-electron chi connectivity index (χ1n) is 5.05. The molecule has 0 atom stereocenters. The molecule has 0 radical (unpaired) electrons. The third-order valence-corrected chi connectivity index (χ3v) is 1.82. The molecule has 1 aliphatic rings. The molecule has 0 bridgehead atoms. The van der Waals surface area contributed by atoms with Crippen LogP contribution in [0.2, 0.25) is 0 Å². The van der Waals surface area contributed by atoms with Crippen LogP contribution < -0.4 is 5.32 Å². The number of nitrogens with one attached hydrogen (secondary N) is 1. The van der Waals surface area contributed by atoms with Gasteiger partial charge in [0, 0.05) is 6.54 Å². The Balaban J connectivity index is 0.000000671. The first-order valence-corrected chi connectivity index (χ1v) is 5.05. The lowest BCUT2D eigenvalue weighted by atomic mass is 10.2. The van der Waals surface area contributed by atoms with Gasteiger partial charge in [0.05, 0.1) is 0 Å². The van der Waals surface area contributed by atoms with Crippen LogP contribution in [0.3, 0.4) is 0 Å². The minimum Gasteiger partial charge on any atom is -0.380 e. The average molecular weight is 187 g/mol. The van der Waals surface area contributed by atoms with Crippen molar-refractivity contribution in [3.8, 4) is 0 Å². The van der Waals surface area contributed by atoms with E-state index in [0.29, 0.717) is 25.3 Å². The van der Waals surface area contributed by atoms with Crippen LogP contribution in [0.25, 0.3) is 0 Å². The van der Waals surface area contributed by atoms with Crippen LogP contribution in [0.1, 0.15) is 40.5 Å². The summed E-state index contributed by atoms with van der Waals surface area (Å²) in [5.74, 6) is 0.243. The van der Waals surface area contributed by atoms with Gasteiger partial charge in [-0.15, -0.1) is 0 Å². The lowest BCUT2D eigenvalue weighted by Gasteiger charge is -2.10. The lowest BCUT2D eigenvalue weighted by Crippen LogP contribution is -2.37. The summed E-state index contributed by atoms with van der Waals surface area (Å²) in [6.45, 7) is 8.70. The second-order valence-electron chi connectivity index (χ2n) is 3.64. The zero-order valence-electron chi connectivity index (χ0n) is 9.05. The number of hydrogen-bond acceptors (Lipinski definition) is 2. The minimum atomic E-state index is -1.01. The zero-order chi connectivity index (χ0) is 10.5. The highest BCUT2D eigenvalue weighted by Crippen LogP contribution is 2.34. The van der Waals surface area contributed by atoms with E-state index < -0.39 is 5.60 Å². The van der Waals surface area contributed by atoms with Gasteiger partial charge in [0.1, 0.15) is 5.60 Å². The van der Waals surface area contributed by atoms with Crippen molar-refractivity contribution in [3.05, 3.63) is 0 Å². The molecular formula is C10H21NO2. The Bertz CT molecular complexity index is 162. The van der Waals surface area contributed by atoms with Crippen molar-refractivity contribution in [1.29, 1.82) is 0 Å². The molecule has 0 aromatic carbocycles. The fourth-order valence-corrected chi connectivity index (χ4v) is 0.807. The van der Waals surface area contributed by atoms with Crippen molar-refractivity contribution < 1.29 is 9.90 Å². The molecule has 1 aliphatic carbocycles. The summed E-state index contributed by atoms with van der Waals surface area (Å²) >= 11 is 0. The molecule has 1 fully saturated rings. The molecule has 0 heterocycles. The van der Waals surface area contributed by atoms with Gasteiger partial charge in [0.15, 0.2) is 0 Å². The molecule has 0 aromatic rings. The molecule has 1 saturated carbocycles. The van der Waals surface area contributed by atoms with E-state index >= 15 is 0 Å². The van der Waals surface area contributed by atoms with E-state index in [1.165, 1.54) is 0 Å². The summed E-state index contributed by atoms with van der Waals surface area (Å²) in [5.41, 5.74) is -1.01.